The summed E-state index contributed by atoms with van der Waals surface area (Å²) in [4.78, 5) is 82.9. The van der Waals surface area contributed by atoms with Crippen molar-refractivity contribution in [2.75, 3.05) is 26.3 Å². The van der Waals surface area contributed by atoms with E-state index >= 15 is 0 Å². The van der Waals surface area contributed by atoms with Gasteiger partial charge in [-0.25, -0.2) is 14.4 Å². The Morgan fingerprint density at radius 1 is 0.523 bits per heavy atom. The molecule has 0 aliphatic carbocycles. The van der Waals surface area contributed by atoms with Crippen LogP contribution in [0.5, 0.6) is 0 Å². The minimum Gasteiger partial charge on any atom is -0.447 e. The third-order valence-electron chi connectivity index (χ3n) is 9.06. The van der Waals surface area contributed by atoms with Crippen molar-refractivity contribution in [3.63, 3.8) is 0 Å². The number of nitrogens with zero attached hydrogens (tertiary/aromatic N) is 5. The minimum absolute atomic E-state index is 0. The highest BCUT2D eigenvalue weighted by atomic mass is 16.6. The summed E-state index contributed by atoms with van der Waals surface area (Å²) in [5.41, 5.74) is 2.17. The van der Waals surface area contributed by atoms with Crippen molar-refractivity contribution in [3.05, 3.63) is 101 Å². The maximum Gasteiger partial charge on any atom is 0.407 e. The quantitative estimate of drug-likeness (QED) is 0.0423. The number of aryl methyl sites for hydroxylation is 1. The molecule has 4 rings (SSSR count). The molecule has 0 unspecified atom stereocenters. The standard InChI is InChI=1S/C11H16N2O.C10H14N2O.C10H21NO3.C9H12N2O.C8H14N2O.C8H17NO2.C7H15NO2.CH4/c1-8(2)6-13-11(14)10-5-4-9(3)12-7-10;1-8(2)6-12-10(13)9-4-3-5-11-7-9;1-8(2)11-9(12)13-6-7-14-10(3,4)5;1-7(2)11-9(12)8-4-3-5-10-6-8;1-5(2)7-9-8(6(3)4)11-10-7;1-6(2)9-7(10)11-8(3,4)5;1-5(2)8-7(9)10-6(3)4;/h4-5,7-8H,6H2,1-3H3,(H,13,14);3-5,7-8H,6H2,1-2H3,(H,12,13);8H,6-7H2,1-5H3,(H,11,12);3-7H,1-2H3,(H,11,12);5-6H,1-4H3;6H,1-5H3,(H,9,10);5-6H,1-4H3,(H,8,9);1H4. The molecule has 0 atom stereocenters. The average Bonchev–Trinajstić information content (AvgIpc) is 4.05. The maximum atomic E-state index is 11.5. The zero-order valence-electron chi connectivity index (χ0n) is 56.1. The van der Waals surface area contributed by atoms with Gasteiger partial charge in [0.15, 0.2) is 5.82 Å². The normalized spacial score (nSPS) is 10.6. The number of carbonyl (C=O) groups excluding carboxylic acids is 6. The van der Waals surface area contributed by atoms with Crippen LogP contribution >= 0.6 is 0 Å². The molecule has 0 bridgehead atoms. The second-order valence-electron chi connectivity index (χ2n) is 24.3. The molecule has 0 radical (unpaired) electrons. The summed E-state index contributed by atoms with van der Waals surface area (Å²) in [6, 6.07) is 11.2. The van der Waals surface area contributed by atoms with E-state index in [0.717, 1.165) is 17.4 Å². The molecular formula is C64H113N11O11. The predicted molar refractivity (Wildman–Crippen MR) is 343 cm³/mol. The van der Waals surface area contributed by atoms with Gasteiger partial charge in [0.05, 0.1) is 35.0 Å². The summed E-state index contributed by atoms with van der Waals surface area (Å²) in [7, 11) is 0. The van der Waals surface area contributed by atoms with Crippen LogP contribution in [0.2, 0.25) is 0 Å². The van der Waals surface area contributed by atoms with Gasteiger partial charge in [0.2, 0.25) is 5.89 Å². The van der Waals surface area contributed by atoms with Crippen molar-refractivity contribution >= 4 is 36.0 Å². The first-order valence-electron chi connectivity index (χ1n) is 29.2. The highest BCUT2D eigenvalue weighted by Gasteiger charge is 2.17. The maximum absolute atomic E-state index is 11.5. The van der Waals surface area contributed by atoms with Gasteiger partial charge < -0.3 is 55.4 Å². The van der Waals surface area contributed by atoms with Gasteiger partial charge in [0, 0.05) is 85.8 Å². The topological polar surface area (TPSA) is 289 Å². The molecule has 86 heavy (non-hydrogen) atoms. The van der Waals surface area contributed by atoms with Crippen molar-refractivity contribution in [2.24, 2.45) is 11.8 Å². The van der Waals surface area contributed by atoms with Crippen LogP contribution in [-0.2, 0) is 18.9 Å². The van der Waals surface area contributed by atoms with Gasteiger partial charge in [-0.15, -0.1) is 0 Å². The average molecular weight is 1210 g/mol. The number of nitrogens with one attached hydrogen (secondary N) is 6. The lowest BCUT2D eigenvalue weighted by Gasteiger charge is -2.20. The molecule has 6 amide bonds. The number of pyridine rings is 3. The van der Waals surface area contributed by atoms with E-state index < -0.39 is 11.7 Å². The van der Waals surface area contributed by atoms with Crippen LogP contribution in [0.25, 0.3) is 0 Å². The van der Waals surface area contributed by atoms with Crippen molar-refractivity contribution in [2.45, 2.75) is 234 Å². The largest absolute Gasteiger partial charge is 0.447 e. The lowest BCUT2D eigenvalue weighted by atomic mass is 10.2. The van der Waals surface area contributed by atoms with Crippen LogP contribution in [-0.4, -0.2) is 129 Å². The van der Waals surface area contributed by atoms with Crippen LogP contribution in [0, 0.1) is 18.8 Å². The molecular weight excluding hydrogens is 1100 g/mol. The smallest absolute Gasteiger partial charge is 0.407 e. The Hall–Kier alpha value is -7.23. The monoisotopic (exact) mass is 1210 g/mol. The van der Waals surface area contributed by atoms with E-state index in [-0.39, 0.29) is 79.8 Å². The Bertz CT molecular complexity index is 2370. The molecule has 0 aliphatic heterocycles. The van der Waals surface area contributed by atoms with Crippen LogP contribution in [0.15, 0.2) is 71.9 Å². The van der Waals surface area contributed by atoms with E-state index in [1.165, 1.54) is 0 Å². The van der Waals surface area contributed by atoms with Crippen molar-refractivity contribution in [3.8, 4) is 0 Å². The van der Waals surface area contributed by atoms with Crippen LogP contribution in [0.4, 0.5) is 14.4 Å². The Kier molecular flexibility index (Phi) is 46.6. The Balaban J connectivity index is -0.000000457. The van der Waals surface area contributed by atoms with Crippen LogP contribution < -0.4 is 31.9 Å². The number of ether oxygens (including phenoxy) is 4. The summed E-state index contributed by atoms with van der Waals surface area (Å²) < 4.78 is 25.1. The van der Waals surface area contributed by atoms with E-state index in [2.05, 4.69) is 98.5 Å². The van der Waals surface area contributed by atoms with Gasteiger partial charge in [-0.3, -0.25) is 29.3 Å². The molecule has 0 aromatic carbocycles. The fraction of sp³-hybridized carbons (Fsp3) is 0.641. The number of carbonyl (C=O) groups is 6. The molecule has 4 aromatic heterocycles. The van der Waals surface area contributed by atoms with E-state index in [9.17, 15) is 28.8 Å². The number of rotatable bonds is 17. The molecule has 0 saturated carbocycles. The lowest BCUT2D eigenvalue weighted by Crippen LogP contribution is -2.36. The molecule has 22 heteroatoms. The lowest BCUT2D eigenvalue weighted by molar-refractivity contribution is -0.0232. The van der Waals surface area contributed by atoms with Crippen molar-refractivity contribution < 1.29 is 52.2 Å². The molecule has 490 valence electrons. The highest BCUT2D eigenvalue weighted by molar-refractivity contribution is 5.94. The van der Waals surface area contributed by atoms with Gasteiger partial charge in [-0.2, -0.15) is 4.98 Å². The molecule has 0 saturated heterocycles. The van der Waals surface area contributed by atoms with Gasteiger partial charge in [-0.05, 0) is 166 Å². The first-order chi connectivity index (χ1) is 39.2. The summed E-state index contributed by atoms with van der Waals surface area (Å²) in [6.07, 6.45) is 6.89. The number of amides is 6. The zero-order chi connectivity index (χ0) is 66.0. The molecule has 4 aromatic rings. The van der Waals surface area contributed by atoms with E-state index in [4.69, 9.17) is 23.5 Å². The van der Waals surface area contributed by atoms with Crippen LogP contribution in [0.3, 0.4) is 0 Å². The molecule has 0 fully saturated rings. The van der Waals surface area contributed by atoms with E-state index in [1.807, 2.05) is 138 Å². The summed E-state index contributed by atoms with van der Waals surface area (Å²) in [5.74, 6) is 2.98. The molecule has 6 N–H and O–H groups in total. The van der Waals surface area contributed by atoms with E-state index in [0.29, 0.717) is 60.1 Å². The fourth-order valence-electron chi connectivity index (χ4n) is 5.24. The Morgan fingerprint density at radius 3 is 1.30 bits per heavy atom. The summed E-state index contributed by atoms with van der Waals surface area (Å²) in [6.45, 7) is 50.7. The van der Waals surface area contributed by atoms with Crippen LogP contribution in [0.1, 0.15) is 234 Å². The number of hydrogen-bond donors (Lipinski definition) is 6. The number of hydrogen-bond acceptors (Lipinski definition) is 16. The molecule has 22 nitrogen and oxygen atoms in total. The highest BCUT2D eigenvalue weighted by Crippen LogP contribution is 2.15. The second-order valence-corrected chi connectivity index (χ2v) is 24.3. The molecule has 0 spiro atoms. The minimum atomic E-state index is -0.404. The van der Waals surface area contributed by atoms with Gasteiger partial charge >= 0.3 is 18.3 Å². The first-order valence-corrected chi connectivity index (χ1v) is 29.2. The molecule has 0 aliphatic rings. The predicted octanol–water partition coefficient (Wildman–Crippen LogP) is 12.8. The Morgan fingerprint density at radius 2 is 0.965 bits per heavy atom. The van der Waals surface area contributed by atoms with Gasteiger partial charge in [-0.1, -0.05) is 68.0 Å². The van der Waals surface area contributed by atoms with Gasteiger partial charge in [0.25, 0.3) is 17.7 Å². The third kappa shape index (κ3) is 53.5. The zero-order valence-corrected chi connectivity index (χ0v) is 56.1. The summed E-state index contributed by atoms with van der Waals surface area (Å²) >= 11 is 0. The third-order valence-corrected chi connectivity index (χ3v) is 9.06. The summed E-state index contributed by atoms with van der Waals surface area (Å²) in [5, 5.41) is 20.2. The Labute approximate surface area is 516 Å². The SMILES string of the molecule is C.CC(C)CNC(=O)c1cccnc1.CC(C)NC(=O)OC(C)(C)C.CC(C)NC(=O)OC(C)C.CC(C)NC(=O)OCCOC(C)(C)C.CC(C)NC(=O)c1cccnc1.CC(C)c1noc(C(C)C)n1.Cc1ccc(C(=O)NCC(C)C)cn1. The first kappa shape index (κ1) is 85.2. The second kappa shape index (κ2) is 47.0. The number of alkyl carbamates (subject to hydrolysis) is 3. The fourth-order valence-corrected chi connectivity index (χ4v) is 5.24. The van der Waals surface area contributed by atoms with Crippen molar-refractivity contribution in [1.82, 2.24) is 57.0 Å². The van der Waals surface area contributed by atoms with E-state index in [1.54, 1.807) is 61.3 Å². The number of aromatic nitrogens is 5. The van der Waals surface area contributed by atoms with Crippen molar-refractivity contribution in [1.29, 1.82) is 0 Å². The molecule has 4 heterocycles. The van der Waals surface area contributed by atoms with Gasteiger partial charge in [0.1, 0.15) is 12.2 Å².